The van der Waals surface area contributed by atoms with E-state index in [1.165, 1.54) is 0 Å². The van der Waals surface area contributed by atoms with Gasteiger partial charge in [-0.2, -0.15) is 0 Å². The molecule has 1 heterocycles. The van der Waals surface area contributed by atoms with Crippen LogP contribution >= 0.6 is 0 Å². The lowest BCUT2D eigenvalue weighted by molar-refractivity contribution is -0.195. The minimum absolute atomic E-state index is 0.0418. The molecule has 4 heteroatoms. The van der Waals surface area contributed by atoms with E-state index in [4.69, 9.17) is 14.2 Å². The average molecular weight is 340 g/mol. The summed E-state index contributed by atoms with van der Waals surface area (Å²) >= 11 is 0. The van der Waals surface area contributed by atoms with Crippen molar-refractivity contribution in [1.29, 1.82) is 0 Å². The van der Waals surface area contributed by atoms with Gasteiger partial charge in [-0.25, -0.2) is 0 Å². The number of aliphatic hydroxyl groups excluding tert-OH is 1. The first-order chi connectivity index (χ1) is 12.3. The number of benzene rings is 2. The van der Waals surface area contributed by atoms with Crippen molar-refractivity contribution in [2.24, 2.45) is 5.92 Å². The van der Waals surface area contributed by atoms with Crippen LogP contribution in [0.3, 0.4) is 0 Å². The predicted molar refractivity (Wildman–Crippen MR) is 93.9 cm³/mol. The van der Waals surface area contributed by atoms with Crippen LogP contribution in [0.25, 0.3) is 0 Å². The summed E-state index contributed by atoms with van der Waals surface area (Å²) < 4.78 is 18.3. The van der Waals surface area contributed by atoms with Gasteiger partial charge in [-0.15, -0.1) is 0 Å². The van der Waals surface area contributed by atoms with Crippen LogP contribution in [0, 0.1) is 5.92 Å². The van der Waals surface area contributed by atoms with Gasteiger partial charge in [0.05, 0.1) is 32.0 Å². The van der Waals surface area contributed by atoms with Gasteiger partial charge in [0.15, 0.2) is 0 Å². The van der Waals surface area contributed by atoms with Crippen LogP contribution in [-0.2, 0) is 27.4 Å². The normalized spacial score (nSPS) is 30.7. The summed E-state index contributed by atoms with van der Waals surface area (Å²) in [5.41, 5.74) is 2.26. The fourth-order valence-electron chi connectivity index (χ4n) is 3.55. The first-order valence-electron chi connectivity index (χ1n) is 8.92. The van der Waals surface area contributed by atoms with E-state index in [9.17, 15) is 5.11 Å². The van der Waals surface area contributed by atoms with Crippen LogP contribution in [-0.4, -0.2) is 36.1 Å². The largest absolute Gasteiger partial charge is 0.394 e. The highest BCUT2D eigenvalue weighted by molar-refractivity contribution is 5.15. The second kappa shape index (κ2) is 7.67. The van der Waals surface area contributed by atoms with Gasteiger partial charge in [-0.3, -0.25) is 0 Å². The monoisotopic (exact) mass is 340 g/mol. The van der Waals surface area contributed by atoms with E-state index in [2.05, 4.69) is 12.1 Å². The Labute approximate surface area is 148 Å². The fourth-order valence-corrected chi connectivity index (χ4v) is 3.55. The van der Waals surface area contributed by atoms with Crippen molar-refractivity contribution in [2.75, 3.05) is 6.61 Å². The molecule has 1 saturated heterocycles. The minimum Gasteiger partial charge on any atom is -0.394 e. The lowest BCUT2D eigenvalue weighted by Crippen LogP contribution is -2.50. The third kappa shape index (κ3) is 3.93. The van der Waals surface area contributed by atoms with Gasteiger partial charge in [0, 0.05) is 5.92 Å². The Bertz CT molecular complexity index is 660. The standard InChI is InChI=1S/C21H24O4/c22-12-19-21(24-14-16-9-5-2-6-10-16)20(17-11-18(17)25-19)23-13-15-7-3-1-4-8-15/h1-10,17-22H,11-14H2/t17-,18+,19-,20-,21-/m1/s1. The molecule has 1 N–H and O–H groups in total. The van der Waals surface area contributed by atoms with Gasteiger partial charge in [-0.05, 0) is 17.5 Å². The second-order valence-electron chi connectivity index (χ2n) is 6.82. The number of ether oxygens (including phenoxy) is 3. The molecule has 5 atom stereocenters. The van der Waals surface area contributed by atoms with Gasteiger partial charge in [0.25, 0.3) is 0 Å². The van der Waals surface area contributed by atoms with Crippen molar-refractivity contribution < 1.29 is 19.3 Å². The Morgan fingerprint density at radius 1 is 0.840 bits per heavy atom. The van der Waals surface area contributed by atoms with Crippen molar-refractivity contribution in [1.82, 2.24) is 0 Å². The number of hydrogen-bond donors (Lipinski definition) is 1. The van der Waals surface area contributed by atoms with Crippen molar-refractivity contribution >= 4 is 0 Å². The zero-order valence-electron chi connectivity index (χ0n) is 14.2. The maximum absolute atomic E-state index is 9.74. The quantitative estimate of drug-likeness (QED) is 0.842. The van der Waals surface area contributed by atoms with Gasteiger partial charge < -0.3 is 19.3 Å². The molecule has 25 heavy (non-hydrogen) atoms. The van der Waals surface area contributed by atoms with Crippen molar-refractivity contribution in [2.45, 2.75) is 44.1 Å². The molecule has 0 amide bonds. The van der Waals surface area contributed by atoms with Gasteiger partial charge in [0.2, 0.25) is 0 Å². The molecular weight excluding hydrogens is 316 g/mol. The summed E-state index contributed by atoms with van der Waals surface area (Å²) in [6.07, 6.45) is 0.571. The second-order valence-corrected chi connectivity index (χ2v) is 6.82. The molecule has 1 saturated carbocycles. The summed E-state index contributed by atoms with van der Waals surface area (Å²) in [5.74, 6) is 0.368. The number of aliphatic hydroxyl groups is 1. The third-order valence-electron chi connectivity index (χ3n) is 4.99. The molecular formula is C21H24O4. The molecule has 2 fully saturated rings. The summed E-state index contributed by atoms with van der Waals surface area (Å²) in [4.78, 5) is 0. The molecule has 1 aliphatic heterocycles. The lowest BCUT2D eigenvalue weighted by atomic mass is 10.0. The summed E-state index contributed by atoms with van der Waals surface area (Å²) in [5, 5.41) is 9.74. The van der Waals surface area contributed by atoms with E-state index in [-0.39, 0.29) is 31.0 Å². The zero-order valence-corrected chi connectivity index (χ0v) is 14.2. The Hall–Kier alpha value is -1.72. The molecule has 2 aromatic carbocycles. The summed E-state index contributed by atoms with van der Waals surface area (Å²) in [6, 6.07) is 20.2. The molecule has 0 spiro atoms. The van der Waals surface area contributed by atoms with Gasteiger partial charge in [0.1, 0.15) is 12.2 Å². The number of rotatable bonds is 7. The fraction of sp³-hybridized carbons (Fsp3) is 0.429. The van der Waals surface area contributed by atoms with E-state index in [1.807, 2.05) is 48.5 Å². The van der Waals surface area contributed by atoms with E-state index >= 15 is 0 Å². The first kappa shape index (κ1) is 16.7. The minimum atomic E-state index is -0.326. The topological polar surface area (TPSA) is 47.9 Å². The molecule has 0 aromatic heterocycles. The van der Waals surface area contributed by atoms with E-state index in [0.29, 0.717) is 19.1 Å². The highest BCUT2D eigenvalue weighted by atomic mass is 16.6. The predicted octanol–water partition coefficient (Wildman–Crippen LogP) is 2.94. The van der Waals surface area contributed by atoms with Crippen molar-refractivity contribution in [3.05, 3.63) is 71.8 Å². The molecule has 0 bridgehead atoms. The average Bonchev–Trinajstić information content (AvgIpc) is 3.45. The van der Waals surface area contributed by atoms with E-state index in [1.54, 1.807) is 0 Å². The zero-order chi connectivity index (χ0) is 17.1. The lowest BCUT2D eigenvalue weighted by Gasteiger charge is -2.36. The molecule has 0 radical (unpaired) electrons. The first-order valence-corrected chi connectivity index (χ1v) is 8.92. The molecule has 4 rings (SSSR count). The van der Waals surface area contributed by atoms with Crippen LogP contribution in [0.5, 0.6) is 0 Å². The Kier molecular flexibility index (Phi) is 5.13. The molecule has 4 nitrogen and oxygen atoms in total. The highest BCUT2D eigenvalue weighted by Crippen LogP contribution is 2.46. The number of hydrogen-bond acceptors (Lipinski definition) is 4. The molecule has 0 unspecified atom stereocenters. The van der Waals surface area contributed by atoms with Crippen LogP contribution in [0.2, 0.25) is 0 Å². The van der Waals surface area contributed by atoms with Crippen molar-refractivity contribution in [3.8, 4) is 0 Å². The maximum Gasteiger partial charge on any atom is 0.113 e. The Morgan fingerprint density at radius 2 is 1.40 bits per heavy atom. The smallest absolute Gasteiger partial charge is 0.113 e. The number of fused-ring (bicyclic) bond motifs is 1. The third-order valence-corrected chi connectivity index (χ3v) is 4.99. The summed E-state index contributed by atoms with van der Waals surface area (Å²) in [6.45, 7) is 1.000. The maximum atomic E-state index is 9.74. The Morgan fingerprint density at radius 3 is 1.96 bits per heavy atom. The Balaban J connectivity index is 1.43. The van der Waals surface area contributed by atoms with Crippen LogP contribution in [0.4, 0.5) is 0 Å². The van der Waals surface area contributed by atoms with Crippen molar-refractivity contribution in [3.63, 3.8) is 0 Å². The van der Waals surface area contributed by atoms with Gasteiger partial charge in [-0.1, -0.05) is 60.7 Å². The summed E-state index contributed by atoms with van der Waals surface area (Å²) in [7, 11) is 0. The SMILES string of the molecule is OC[C@H]1O[C@H]2C[C@H]2[C@@H](OCc2ccccc2)[C@@H]1OCc1ccccc1. The molecule has 2 aliphatic rings. The molecule has 132 valence electrons. The van der Waals surface area contributed by atoms with E-state index < -0.39 is 0 Å². The van der Waals surface area contributed by atoms with Gasteiger partial charge >= 0.3 is 0 Å². The molecule has 2 aromatic rings. The van der Waals surface area contributed by atoms with Crippen LogP contribution in [0.15, 0.2) is 60.7 Å². The van der Waals surface area contributed by atoms with Crippen LogP contribution < -0.4 is 0 Å². The molecule has 1 aliphatic carbocycles. The van der Waals surface area contributed by atoms with Crippen LogP contribution in [0.1, 0.15) is 17.5 Å². The van der Waals surface area contributed by atoms with E-state index in [0.717, 1.165) is 17.5 Å². The highest BCUT2D eigenvalue weighted by Gasteiger charge is 2.55.